The summed E-state index contributed by atoms with van der Waals surface area (Å²) in [5, 5.41) is 16.3. The summed E-state index contributed by atoms with van der Waals surface area (Å²) in [5.41, 5.74) is 2.12. The van der Waals surface area contributed by atoms with Crippen molar-refractivity contribution in [1.82, 2.24) is 9.88 Å². The van der Waals surface area contributed by atoms with Crippen molar-refractivity contribution in [2.75, 3.05) is 18.7 Å². The van der Waals surface area contributed by atoms with Crippen LogP contribution in [0.25, 0.3) is 10.9 Å². The van der Waals surface area contributed by atoms with Gasteiger partial charge in [0.15, 0.2) is 11.5 Å². The van der Waals surface area contributed by atoms with Gasteiger partial charge in [-0.3, -0.25) is 9.59 Å². The second-order valence-corrected chi connectivity index (χ2v) is 6.49. The van der Waals surface area contributed by atoms with Crippen molar-refractivity contribution in [2.24, 2.45) is 7.05 Å². The summed E-state index contributed by atoms with van der Waals surface area (Å²) in [7, 11) is 1.94. The molecule has 2 aromatic carbocycles. The molecule has 3 aromatic rings. The number of hydrogen-bond donors (Lipinski definition) is 3. The molecule has 0 aliphatic carbocycles. The van der Waals surface area contributed by atoms with Gasteiger partial charge in [0.2, 0.25) is 6.79 Å². The van der Waals surface area contributed by atoms with E-state index < -0.39 is 17.9 Å². The van der Waals surface area contributed by atoms with E-state index >= 15 is 0 Å². The Morgan fingerprint density at radius 3 is 2.79 bits per heavy atom. The van der Waals surface area contributed by atoms with Crippen LogP contribution in [0.3, 0.4) is 0 Å². The number of fused-ring (bicyclic) bond motifs is 2. The number of nitrogens with zero attached hydrogens (tertiary/aromatic N) is 1. The molecule has 1 aliphatic rings. The first-order chi connectivity index (χ1) is 13.5. The summed E-state index contributed by atoms with van der Waals surface area (Å²) >= 11 is 0. The predicted molar refractivity (Wildman–Crippen MR) is 102 cm³/mol. The highest BCUT2D eigenvalue weighted by atomic mass is 16.7. The second kappa shape index (κ2) is 7.24. The van der Waals surface area contributed by atoms with Crippen molar-refractivity contribution in [3.63, 3.8) is 0 Å². The van der Waals surface area contributed by atoms with Crippen LogP contribution < -0.4 is 20.1 Å². The lowest BCUT2D eigenvalue weighted by molar-refractivity contribution is -0.136. The lowest BCUT2D eigenvalue weighted by Crippen LogP contribution is -2.37. The molecular formula is C20H19N3O5. The number of benzene rings is 2. The third kappa shape index (κ3) is 3.49. The number of anilines is 1. The van der Waals surface area contributed by atoms with Crippen LogP contribution in [-0.2, 0) is 16.6 Å². The van der Waals surface area contributed by atoms with Crippen LogP contribution >= 0.6 is 0 Å². The summed E-state index contributed by atoms with van der Waals surface area (Å²) in [6.07, 6.45) is 1.01. The first-order valence-corrected chi connectivity index (χ1v) is 8.73. The van der Waals surface area contributed by atoms with E-state index in [1.165, 1.54) is 0 Å². The maximum absolute atomic E-state index is 12.1. The van der Waals surface area contributed by atoms with Crippen LogP contribution in [0.5, 0.6) is 11.5 Å². The Morgan fingerprint density at radius 1 is 1.11 bits per heavy atom. The molecular weight excluding hydrogens is 362 g/mol. The Morgan fingerprint density at radius 2 is 1.93 bits per heavy atom. The highest BCUT2D eigenvalue weighted by Crippen LogP contribution is 2.34. The number of ether oxygens (including phenoxy) is 2. The minimum atomic E-state index is -0.924. The number of carbonyl (C=O) groups excluding carboxylic acids is 2. The molecule has 2 amide bonds. The number of carbonyl (C=O) groups is 2. The number of aromatic nitrogens is 1. The van der Waals surface area contributed by atoms with E-state index in [1.54, 1.807) is 24.3 Å². The van der Waals surface area contributed by atoms with Crippen molar-refractivity contribution in [2.45, 2.75) is 6.10 Å². The fourth-order valence-corrected chi connectivity index (χ4v) is 3.06. The molecule has 0 bridgehead atoms. The zero-order valence-corrected chi connectivity index (χ0v) is 15.1. The molecule has 0 fully saturated rings. The normalized spacial score (nSPS) is 13.4. The van der Waals surface area contributed by atoms with Crippen LogP contribution in [0, 0.1) is 0 Å². The molecule has 1 aliphatic heterocycles. The SMILES string of the molecule is Cn1ccc2cc(C(O)CNC(=O)C(=O)Nc3ccc4c(c3)OCO4)ccc21. The van der Waals surface area contributed by atoms with E-state index in [0.29, 0.717) is 22.7 Å². The number of rotatable bonds is 4. The van der Waals surface area contributed by atoms with E-state index in [-0.39, 0.29) is 13.3 Å². The van der Waals surface area contributed by atoms with Gasteiger partial charge in [0.05, 0.1) is 6.10 Å². The van der Waals surface area contributed by atoms with Crippen molar-refractivity contribution >= 4 is 28.4 Å². The smallest absolute Gasteiger partial charge is 0.313 e. The summed E-state index contributed by atoms with van der Waals surface area (Å²) < 4.78 is 12.4. The van der Waals surface area contributed by atoms with Crippen molar-refractivity contribution in [3.05, 3.63) is 54.2 Å². The Bertz CT molecular complexity index is 1060. The fraction of sp³-hybridized carbons (Fsp3) is 0.200. The molecule has 0 saturated carbocycles. The zero-order chi connectivity index (χ0) is 19.7. The Kier molecular flexibility index (Phi) is 4.62. The van der Waals surface area contributed by atoms with Crippen LogP contribution in [0.1, 0.15) is 11.7 Å². The molecule has 1 atom stereocenters. The number of nitrogens with one attached hydrogen (secondary N) is 2. The average molecular weight is 381 g/mol. The van der Waals surface area contributed by atoms with Crippen molar-refractivity contribution < 1.29 is 24.2 Å². The molecule has 4 rings (SSSR count). The topological polar surface area (TPSA) is 102 Å². The standard InChI is InChI=1S/C20H19N3O5/c1-23-7-6-12-8-13(2-4-15(12)23)16(24)10-21-19(25)20(26)22-14-3-5-17-18(9-14)28-11-27-17/h2-9,16,24H,10-11H2,1H3,(H,21,25)(H,22,26). The third-order valence-corrected chi connectivity index (χ3v) is 4.59. The summed E-state index contributed by atoms with van der Waals surface area (Å²) in [4.78, 5) is 24.1. The number of hydrogen-bond acceptors (Lipinski definition) is 5. The Hall–Kier alpha value is -3.52. The van der Waals surface area contributed by atoms with Gasteiger partial charge in [-0.1, -0.05) is 6.07 Å². The van der Waals surface area contributed by atoms with Gasteiger partial charge in [0, 0.05) is 37.1 Å². The van der Waals surface area contributed by atoms with Crippen LogP contribution in [-0.4, -0.2) is 34.8 Å². The average Bonchev–Trinajstić information content (AvgIpc) is 3.31. The molecule has 1 aromatic heterocycles. The summed E-state index contributed by atoms with van der Waals surface area (Å²) in [6, 6.07) is 12.4. The minimum absolute atomic E-state index is 0.0776. The molecule has 2 heterocycles. The summed E-state index contributed by atoms with van der Waals surface area (Å²) in [5.74, 6) is -0.576. The molecule has 0 radical (unpaired) electrons. The molecule has 0 saturated heterocycles. The quantitative estimate of drug-likeness (QED) is 0.597. The number of aliphatic hydroxyl groups excluding tert-OH is 1. The van der Waals surface area contributed by atoms with E-state index in [2.05, 4.69) is 10.6 Å². The lowest BCUT2D eigenvalue weighted by atomic mass is 10.1. The molecule has 8 nitrogen and oxygen atoms in total. The van der Waals surface area contributed by atoms with Crippen LogP contribution in [0.15, 0.2) is 48.7 Å². The van der Waals surface area contributed by atoms with Gasteiger partial charge in [-0.15, -0.1) is 0 Å². The number of aryl methyl sites for hydroxylation is 1. The van der Waals surface area contributed by atoms with Gasteiger partial charge in [-0.25, -0.2) is 0 Å². The highest BCUT2D eigenvalue weighted by molar-refractivity contribution is 6.39. The van der Waals surface area contributed by atoms with Crippen molar-refractivity contribution in [3.8, 4) is 11.5 Å². The number of aliphatic hydroxyl groups is 1. The minimum Gasteiger partial charge on any atom is -0.454 e. The molecule has 8 heteroatoms. The number of amides is 2. The van der Waals surface area contributed by atoms with E-state index in [9.17, 15) is 14.7 Å². The zero-order valence-electron chi connectivity index (χ0n) is 15.1. The lowest BCUT2D eigenvalue weighted by Gasteiger charge is -2.13. The summed E-state index contributed by atoms with van der Waals surface area (Å²) in [6.45, 7) is 0.0472. The Balaban J connectivity index is 1.34. The van der Waals surface area contributed by atoms with Crippen LogP contribution in [0.2, 0.25) is 0 Å². The largest absolute Gasteiger partial charge is 0.454 e. The predicted octanol–water partition coefficient (Wildman–Crippen LogP) is 1.70. The van der Waals surface area contributed by atoms with E-state index in [0.717, 1.165) is 10.9 Å². The van der Waals surface area contributed by atoms with E-state index in [1.807, 2.05) is 36.0 Å². The monoisotopic (exact) mass is 381 g/mol. The van der Waals surface area contributed by atoms with Gasteiger partial charge in [-0.2, -0.15) is 0 Å². The fourth-order valence-electron chi connectivity index (χ4n) is 3.06. The molecule has 144 valence electrons. The van der Waals surface area contributed by atoms with Gasteiger partial charge in [-0.05, 0) is 41.3 Å². The Labute approximate surface area is 160 Å². The molecule has 0 spiro atoms. The molecule has 1 unspecified atom stereocenters. The maximum Gasteiger partial charge on any atom is 0.313 e. The van der Waals surface area contributed by atoms with Crippen LogP contribution in [0.4, 0.5) is 5.69 Å². The van der Waals surface area contributed by atoms with Gasteiger partial charge >= 0.3 is 11.8 Å². The van der Waals surface area contributed by atoms with Gasteiger partial charge in [0.25, 0.3) is 0 Å². The van der Waals surface area contributed by atoms with Gasteiger partial charge < -0.3 is 29.8 Å². The second-order valence-electron chi connectivity index (χ2n) is 6.49. The maximum atomic E-state index is 12.1. The molecule has 28 heavy (non-hydrogen) atoms. The molecule has 3 N–H and O–H groups in total. The first kappa shape index (κ1) is 17.9. The van der Waals surface area contributed by atoms with Crippen molar-refractivity contribution in [1.29, 1.82) is 0 Å². The van der Waals surface area contributed by atoms with Gasteiger partial charge in [0.1, 0.15) is 0 Å². The third-order valence-electron chi connectivity index (χ3n) is 4.59. The van der Waals surface area contributed by atoms with E-state index in [4.69, 9.17) is 9.47 Å². The first-order valence-electron chi connectivity index (χ1n) is 8.73. The highest BCUT2D eigenvalue weighted by Gasteiger charge is 2.18.